The summed E-state index contributed by atoms with van der Waals surface area (Å²) in [5.74, 6) is 2.14. The van der Waals surface area contributed by atoms with Crippen LogP contribution >= 0.6 is 0 Å². The molecule has 0 atom stereocenters. The zero-order chi connectivity index (χ0) is 49.0. The van der Waals surface area contributed by atoms with Crippen molar-refractivity contribution in [1.29, 1.82) is 0 Å². The minimum atomic E-state index is -2.30. The molecule has 0 radical (unpaired) electrons. The lowest BCUT2D eigenvalue weighted by molar-refractivity contribution is 0.481. The quantitative estimate of drug-likeness (QED) is 0.173. The first-order valence-electron chi connectivity index (χ1n) is 24.9. The molecule has 0 spiro atoms. The van der Waals surface area contributed by atoms with Crippen LogP contribution in [-0.2, 0) is 17.5 Å². The second kappa shape index (κ2) is 15.6. The normalized spacial score (nSPS) is 13.7. The van der Waals surface area contributed by atoms with Crippen LogP contribution in [0.2, 0.25) is 0 Å². The first-order chi connectivity index (χ1) is 34.1. The second-order valence-corrected chi connectivity index (χ2v) is 20.2. The molecule has 11 aromatic rings. The maximum Gasteiger partial charge on any atom is 0.147 e. The van der Waals surface area contributed by atoms with Crippen LogP contribution in [-0.4, -0.2) is 19.1 Å². The molecule has 0 saturated carbocycles. The number of pyridine rings is 2. The molecule has 0 saturated heterocycles. The predicted octanol–water partition coefficient (Wildman–Crippen LogP) is 16.6. The highest BCUT2D eigenvalue weighted by Crippen LogP contribution is 2.45. The lowest BCUT2D eigenvalue weighted by Crippen LogP contribution is -2.15. The van der Waals surface area contributed by atoms with Gasteiger partial charge in [-0.05, 0) is 92.3 Å². The summed E-state index contributed by atoms with van der Waals surface area (Å²) >= 11 is 0. The molecular weight excluding hydrogens is 831 g/mol. The van der Waals surface area contributed by atoms with Gasteiger partial charge < -0.3 is 14.2 Å². The lowest BCUT2D eigenvalue weighted by atomic mass is 9.84. The number of aromatic nitrogens is 4. The van der Waals surface area contributed by atoms with Crippen LogP contribution in [0, 0.1) is 6.85 Å². The fourth-order valence-electron chi connectivity index (χ4n) is 10.4. The highest BCUT2D eigenvalue weighted by molar-refractivity contribution is 6.22. The van der Waals surface area contributed by atoms with Crippen LogP contribution in [0.3, 0.4) is 0 Å². The number of ether oxygens (including phenoxy) is 1. The van der Waals surface area contributed by atoms with Crippen molar-refractivity contribution in [3.63, 3.8) is 0 Å². The summed E-state index contributed by atoms with van der Waals surface area (Å²) in [7, 11) is 0. The Labute approximate surface area is 401 Å². The molecule has 0 aliphatic carbocycles. The summed E-state index contributed by atoms with van der Waals surface area (Å²) in [6.07, 6.45) is 5.57. The van der Waals surface area contributed by atoms with E-state index in [1.165, 1.54) is 5.56 Å². The van der Waals surface area contributed by atoms with Crippen LogP contribution in [0.1, 0.15) is 62.3 Å². The Bertz CT molecular complexity index is 4010. The molecule has 6 heteroatoms. The molecule has 5 heterocycles. The molecule has 12 rings (SSSR count). The first-order valence-corrected chi connectivity index (χ1v) is 23.4. The Kier molecular flexibility index (Phi) is 8.74. The third kappa shape index (κ3) is 6.85. The molecule has 1 aliphatic rings. The summed E-state index contributed by atoms with van der Waals surface area (Å²) in [5.41, 5.74) is 9.99. The molecule has 0 bridgehead atoms. The fraction of sp³-hybridized carbons (Fsp3) is 0.161. The summed E-state index contributed by atoms with van der Waals surface area (Å²) < 4.78 is 37.3. The molecule has 0 N–H and O–H groups in total. The van der Waals surface area contributed by atoms with E-state index in [1.807, 2.05) is 30.6 Å². The van der Waals surface area contributed by atoms with Crippen molar-refractivity contribution >= 4 is 76.5 Å². The third-order valence-electron chi connectivity index (χ3n) is 13.7. The average molecular weight is 887 g/mol. The summed E-state index contributed by atoms with van der Waals surface area (Å²) in [6, 6.07) is 57.3. The number of rotatable bonds is 5. The number of benzene rings is 7. The topological polar surface area (TPSA) is 48.1 Å². The number of nitrogens with zero attached hydrogens (tertiary/aromatic N) is 5. The molecular formula is C62H53N5O. The maximum absolute atomic E-state index is 8.60. The van der Waals surface area contributed by atoms with Gasteiger partial charge in [0.15, 0.2) is 0 Å². The summed E-state index contributed by atoms with van der Waals surface area (Å²) in [4.78, 5) is 12.0. The lowest BCUT2D eigenvalue weighted by Gasteiger charge is -2.22. The van der Waals surface area contributed by atoms with E-state index in [-0.39, 0.29) is 10.8 Å². The van der Waals surface area contributed by atoms with Crippen molar-refractivity contribution in [1.82, 2.24) is 19.1 Å². The standard InChI is InChI=1S/C62H53N5O/c1-39-30-40(32-42(31-39)62(5,6)7)46-21-14-22-53-49-18-10-8-16-47(49)48-17-9-11-19-50(48)54-23-15-25-56-60(54)66(59(46)53)38-65(56)43-34-45(37-63-36-43)68-44-26-27-52-51-20-12-13-24-55(51)67(57(52)35-44)58-33-41(28-29-64-58)61(2,3)4/h8-37H,38H2,1-7H3/i1D3. The van der Waals surface area contributed by atoms with Crippen molar-refractivity contribution in [2.75, 3.05) is 4.90 Å². The zero-order valence-electron chi connectivity index (χ0n) is 42.2. The number of para-hydroxylation sites is 3. The molecule has 0 amide bonds. The molecule has 0 unspecified atom stereocenters. The molecule has 7 aromatic carbocycles. The molecule has 6 nitrogen and oxygen atoms in total. The number of anilines is 2. The predicted molar refractivity (Wildman–Crippen MR) is 285 cm³/mol. The van der Waals surface area contributed by atoms with Crippen molar-refractivity contribution < 1.29 is 8.85 Å². The van der Waals surface area contributed by atoms with Gasteiger partial charge in [-0.2, -0.15) is 0 Å². The molecule has 4 aromatic heterocycles. The maximum atomic E-state index is 8.60. The highest BCUT2D eigenvalue weighted by atomic mass is 16.5. The number of aryl methyl sites for hydroxylation is 1. The average Bonchev–Trinajstić information content (AvgIpc) is 3.92. The summed E-state index contributed by atoms with van der Waals surface area (Å²) in [6.45, 7) is 11.2. The van der Waals surface area contributed by atoms with E-state index in [4.69, 9.17) is 18.8 Å². The number of hydrogen-bond donors (Lipinski definition) is 0. The van der Waals surface area contributed by atoms with Gasteiger partial charge in [-0.15, -0.1) is 0 Å². The van der Waals surface area contributed by atoms with Gasteiger partial charge >= 0.3 is 0 Å². The Morgan fingerprint density at radius 3 is 1.90 bits per heavy atom. The first kappa shape index (κ1) is 38.2. The minimum absolute atomic E-state index is 0.0439. The molecule has 0 fully saturated rings. The Morgan fingerprint density at radius 1 is 0.529 bits per heavy atom. The molecule has 68 heavy (non-hydrogen) atoms. The monoisotopic (exact) mass is 886 g/mol. The van der Waals surface area contributed by atoms with Crippen LogP contribution in [0.25, 0.3) is 82.1 Å². The van der Waals surface area contributed by atoms with Gasteiger partial charge in [-0.25, -0.2) is 4.98 Å². The van der Waals surface area contributed by atoms with Crippen LogP contribution < -0.4 is 9.64 Å². The van der Waals surface area contributed by atoms with E-state index in [1.54, 1.807) is 6.20 Å². The van der Waals surface area contributed by atoms with Gasteiger partial charge in [0.05, 0.1) is 45.8 Å². The SMILES string of the molecule is [2H]C([2H])([2H])c1cc(-c2cccc3c4ccccc4c4ccccc4c4cccc5c4n(c23)CN5c2cncc(Oc3ccc4c5ccccc5n(-c5cc(C(C)(C)C)ccn5)c4c3)c2)cc(C(C)(C)C)c1. The van der Waals surface area contributed by atoms with E-state index in [9.17, 15) is 0 Å². The van der Waals surface area contributed by atoms with Crippen LogP contribution in [0.5, 0.6) is 11.5 Å². The minimum Gasteiger partial charge on any atom is -0.456 e. The van der Waals surface area contributed by atoms with Gasteiger partial charge in [-0.1, -0.05) is 162 Å². The third-order valence-corrected chi connectivity index (χ3v) is 13.7. The Morgan fingerprint density at radius 2 is 1.18 bits per heavy atom. The zero-order valence-corrected chi connectivity index (χ0v) is 39.2. The van der Waals surface area contributed by atoms with E-state index >= 15 is 0 Å². The highest BCUT2D eigenvalue weighted by Gasteiger charge is 2.27. The van der Waals surface area contributed by atoms with E-state index < -0.39 is 6.85 Å². The second-order valence-electron chi connectivity index (χ2n) is 20.2. The van der Waals surface area contributed by atoms with Gasteiger partial charge in [0.25, 0.3) is 0 Å². The Hall–Kier alpha value is -7.96. The van der Waals surface area contributed by atoms with Gasteiger partial charge in [0.2, 0.25) is 0 Å². The van der Waals surface area contributed by atoms with E-state index in [0.717, 1.165) is 99.0 Å². The van der Waals surface area contributed by atoms with Gasteiger partial charge in [0, 0.05) is 49.6 Å². The van der Waals surface area contributed by atoms with Crippen LogP contribution in [0.15, 0.2) is 182 Å². The van der Waals surface area contributed by atoms with Crippen LogP contribution in [0.4, 0.5) is 11.4 Å². The van der Waals surface area contributed by atoms with E-state index in [2.05, 4.69) is 201 Å². The largest absolute Gasteiger partial charge is 0.456 e. The van der Waals surface area contributed by atoms with Crippen molar-refractivity contribution in [2.45, 2.75) is 65.9 Å². The van der Waals surface area contributed by atoms with Gasteiger partial charge in [0.1, 0.15) is 24.0 Å². The molecule has 1 aliphatic heterocycles. The number of hydrogen-bond acceptors (Lipinski definition) is 4. The fourth-order valence-corrected chi connectivity index (χ4v) is 10.4. The van der Waals surface area contributed by atoms with Crippen molar-refractivity contribution in [3.8, 4) is 28.4 Å². The Balaban J connectivity index is 1.06. The van der Waals surface area contributed by atoms with Gasteiger partial charge in [-0.3, -0.25) is 9.55 Å². The molecule has 332 valence electrons. The summed E-state index contributed by atoms with van der Waals surface area (Å²) in [5, 5.41) is 8.90. The number of fused-ring (bicyclic) bond motifs is 10. The van der Waals surface area contributed by atoms with Crippen molar-refractivity contribution in [2.24, 2.45) is 0 Å². The smallest absolute Gasteiger partial charge is 0.147 e. The van der Waals surface area contributed by atoms with Crippen molar-refractivity contribution in [3.05, 3.63) is 199 Å². The van der Waals surface area contributed by atoms with E-state index in [0.29, 0.717) is 23.7 Å².